The van der Waals surface area contributed by atoms with Crippen LogP contribution in [0.3, 0.4) is 0 Å². The fraction of sp³-hybridized carbons (Fsp3) is 0.300. The average molecular weight is 391 g/mol. The standard InChI is InChI=1S/C20H20Cl2N2O2/c1-11(2)12-3-5-15(6-4-12)23-19(25)17-10-18(17)20(26)24-16-8-13(21)7-14(22)9-16/h3-9,11,17-18H,10H2,1-2H3,(H,23,25)(H,24,26). The van der Waals surface area contributed by atoms with Crippen molar-refractivity contribution in [3.05, 3.63) is 58.1 Å². The molecule has 6 heteroatoms. The van der Waals surface area contributed by atoms with E-state index in [2.05, 4.69) is 24.5 Å². The second-order valence-electron chi connectivity index (χ2n) is 6.86. The molecule has 1 fully saturated rings. The van der Waals surface area contributed by atoms with Crippen LogP contribution in [0.1, 0.15) is 31.7 Å². The second kappa shape index (κ2) is 7.68. The summed E-state index contributed by atoms with van der Waals surface area (Å²) in [6, 6.07) is 12.6. The van der Waals surface area contributed by atoms with Gasteiger partial charge in [0.05, 0.1) is 11.8 Å². The SMILES string of the molecule is CC(C)c1ccc(NC(=O)C2CC2C(=O)Nc2cc(Cl)cc(Cl)c2)cc1. The van der Waals surface area contributed by atoms with Gasteiger partial charge in [-0.3, -0.25) is 9.59 Å². The number of amides is 2. The third-order valence-electron chi connectivity index (χ3n) is 4.44. The molecule has 2 amide bonds. The van der Waals surface area contributed by atoms with Crippen molar-refractivity contribution in [3.8, 4) is 0 Å². The number of anilines is 2. The minimum absolute atomic E-state index is 0.133. The lowest BCUT2D eigenvalue weighted by Gasteiger charge is -2.09. The van der Waals surface area contributed by atoms with Crippen molar-refractivity contribution in [3.63, 3.8) is 0 Å². The van der Waals surface area contributed by atoms with Gasteiger partial charge in [0.15, 0.2) is 0 Å². The van der Waals surface area contributed by atoms with Gasteiger partial charge < -0.3 is 10.6 Å². The predicted molar refractivity (Wildman–Crippen MR) is 106 cm³/mol. The summed E-state index contributed by atoms with van der Waals surface area (Å²) >= 11 is 11.9. The largest absolute Gasteiger partial charge is 0.326 e. The fourth-order valence-corrected chi connectivity index (χ4v) is 3.35. The molecule has 0 heterocycles. The van der Waals surface area contributed by atoms with Gasteiger partial charge in [0.25, 0.3) is 0 Å². The van der Waals surface area contributed by atoms with Gasteiger partial charge in [-0.2, -0.15) is 0 Å². The van der Waals surface area contributed by atoms with E-state index in [0.717, 1.165) is 5.69 Å². The Hall–Kier alpha value is -2.04. The van der Waals surface area contributed by atoms with E-state index < -0.39 is 0 Å². The first-order valence-electron chi connectivity index (χ1n) is 8.51. The second-order valence-corrected chi connectivity index (χ2v) is 7.73. The number of hydrogen-bond donors (Lipinski definition) is 2. The van der Waals surface area contributed by atoms with Crippen LogP contribution in [0.15, 0.2) is 42.5 Å². The summed E-state index contributed by atoms with van der Waals surface area (Å²) in [6.45, 7) is 4.24. The molecular weight excluding hydrogens is 371 g/mol. The Kier molecular flexibility index (Phi) is 5.54. The van der Waals surface area contributed by atoms with E-state index >= 15 is 0 Å². The lowest BCUT2D eigenvalue weighted by molar-refractivity contribution is -0.122. The Morgan fingerprint density at radius 3 is 1.88 bits per heavy atom. The van der Waals surface area contributed by atoms with E-state index in [9.17, 15) is 9.59 Å². The summed E-state index contributed by atoms with van der Waals surface area (Å²) < 4.78 is 0. The van der Waals surface area contributed by atoms with Gasteiger partial charge in [-0.1, -0.05) is 49.2 Å². The Morgan fingerprint density at radius 1 is 0.885 bits per heavy atom. The minimum atomic E-state index is -0.331. The minimum Gasteiger partial charge on any atom is -0.326 e. The lowest BCUT2D eigenvalue weighted by Crippen LogP contribution is -2.20. The maximum Gasteiger partial charge on any atom is 0.228 e. The Bertz CT molecular complexity index is 814. The first-order chi connectivity index (χ1) is 12.3. The molecule has 26 heavy (non-hydrogen) atoms. The van der Waals surface area contributed by atoms with Gasteiger partial charge in [-0.25, -0.2) is 0 Å². The lowest BCUT2D eigenvalue weighted by atomic mass is 10.0. The van der Waals surface area contributed by atoms with Crippen molar-refractivity contribution in [2.45, 2.75) is 26.2 Å². The number of halogens is 2. The number of nitrogens with one attached hydrogen (secondary N) is 2. The molecule has 2 aromatic rings. The molecule has 0 spiro atoms. The van der Waals surface area contributed by atoms with Crippen LogP contribution in [0, 0.1) is 11.8 Å². The number of hydrogen-bond acceptors (Lipinski definition) is 2. The van der Waals surface area contributed by atoms with Crippen molar-refractivity contribution < 1.29 is 9.59 Å². The predicted octanol–water partition coefficient (Wildman–Crippen LogP) is 5.33. The molecule has 0 bridgehead atoms. The molecule has 2 unspecified atom stereocenters. The van der Waals surface area contributed by atoms with Crippen LogP contribution in [0.25, 0.3) is 0 Å². The van der Waals surface area contributed by atoms with Crippen LogP contribution in [0.5, 0.6) is 0 Å². The van der Waals surface area contributed by atoms with E-state index in [4.69, 9.17) is 23.2 Å². The van der Waals surface area contributed by atoms with Crippen molar-refractivity contribution in [2.24, 2.45) is 11.8 Å². The molecule has 0 radical (unpaired) electrons. The van der Waals surface area contributed by atoms with E-state index in [1.165, 1.54) is 5.56 Å². The van der Waals surface area contributed by atoms with E-state index in [1.54, 1.807) is 18.2 Å². The topological polar surface area (TPSA) is 58.2 Å². The van der Waals surface area contributed by atoms with Gasteiger partial charge in [0.2, 0.25) is 11.8 Å². The molecule has 3 rings (SSSR count). The number of benzene rings is 2. The van der Waals surface area contributed by atoms with Crippen molar-refractivity contribution >= 4 is 46.4 Å². The molecule has 0 saturated heterocycles. The number of carbonyl (C=O) groups excluding carboxylic acids is 2. The van der Waals surface area contributed by atoms with Crippen LogP contribution in [-0.2, 0) is 9.59 Å². The van der Waals surface area contributed by atoms with Crippen molar-refractivity contribution in [2.75, 3.05) is 10.6 Å². The van der Waals surface area contributed by atoms with Gasteiger partial charge in [0, 0.05) is 21.4 Å². The number of carbonyl (C=O) groups is 2. The maximum absolute atomic E-state index is 12.3. The van der Waals surface area contributed by atoms with E-state index in [-0.39, 0.29) is 23.7 Å². The molecule has 2 aromatic carbocycles. The molecular formula is C20H20Cl2N2O2. The zero-order valence-electron chi connectivity index (χ0n) is 14.6. The molecule has 1 saturated carbocycles. The first kappa shape index (κ1) is 18.7. The van der Waals surface area contributed by atoms with E-state index in [1.807, 2.05) is 24.3 Å². The zero-order chi connectivity index (χ0) is 18.8. The van der Waals surface area contributed by atoms with Crippen LogP contribution >= 0.6 is 23.2 Å². The summed E-state index contributed by atoms with van der Waals surface area (Å²) in [5.74, 6) is -0.529. The quantitative estimate of drug-likeness (QED) is 0.724. The highest BCUT2D eigenvalue weighted by Gasteiger charge is 2.48. The fourth-order valence-electron chi connectivity index (χ4n) is 2.82. The number of rotatable bonds is 5. The smallest absolute Gasteiger partial charge is 0.228 e. The van der Waals surface area contributed by atoms with Crippen molar-refractivity contribution in [1.82, 2.24) is 0 Å². The molecule has 4 nitrogen and oxygen atoms in total. The maximum atomic E-state index is 12.3. The molecule has 1 aliphatic carbocycles. The summed E-state index contributed by atoms with van der Waals surface area (Å²) in [5.41, 5.74) is 2.49. The third-order valence-corrected chi connectivity index (χ3v) is 4.88. The summed E-state index contributed by atoms with van der Waals surface area (Å²) in [4.78, 5) is 24.6. The van der Waals surface area contributed by atoms with Gasteiger partial charge >= 0.3 is 0 Å². The Balaban J connectivity index is 1.55. The highest BCUT2D eigenvalue weighted by Crippen LogP contribution is 2.40. The first-order valence-corrected chi connectivity index (χ1v) is 9.27. The Labute approximate surface area is 162 Å². The van der Waals surface area contributed by atoms with Gasteiger partial charge in [-0.05, 0) is 48.2 Å². The van der Waals surface area contributed by atoms with Crippen LogP contribution in [-0.4, -0.2) is 11.8 Å². The van der Waals surface area contributed by atoms with E-state index in [0.29, 0.717) is 28.1 Å². The normalized spacial score (nSPS) is 18.5. The Morgan fingerprint density at radius 2 is 1.38 bits per heavy atom. The molecule has 136 valence electrons. The highest BCUT2D eigenvalue weighted by atomic mass is 35.5. The third kappa shape index (κ3) is 4.57. The monoisotopic (exact) mass is 390 g/mol. The molecule has 0 aromatic heterocycles. The molecule has 2 N–H and O–H groups in total. The summed E-state index contributed by atoms with van der Waals surface area (Å²) in [6.07, 6.45) is 0.538. The summed E-state index contributed by atoms with van der Waals surface area (Å²) in [7, 11) is 0. The van der Waals surface area contributed by atoms with Gasteiger partial charge in [-0.15, -0.1) is 0 Å². The van der Waals surface area contributed by atoms with Crippen molar-refractivity contribution in [1.29, 1.82) is 0 Å². The zero-order valence-corrected chi connectivity index (χ0v) is 16.1. The molecule has 0 aliphatic heterocycles. The van der Waals surface area contributed by atoms with Crippen LogP contribution in [0.4, 0.5) is 11.4 Å². The summed E-state index contributed by atoms with van der Waals surface area (Å²) in [5, 5.41) is 6.54. The molecule has 2 atom stereocenters. The van der Waals surface area contributed by atoms with Gasteiger partial charge in [0.1, 0.15) is 0 Å². The molecule has 1 aliphatic rings. The average Bonchev–Trinajstić information content (AvgIpc) is 3.35. The highest BCUT2D eigenvalue weighted by molar-refractivity contribution is 6.35. The van der Waals surface area contributed by atoms with Crippen LogP contribution < -0.4 is 10.6 Å². The van der Waals surface area contributed by atoms with Crippen LogP contribution in [0.2, 0.25) is 10.0 Å².